The zero-order chi connectivity index (χ0) is 28.2. The van der Waals surface area contributed by atoms with Gasteiger partial charge in [0.05, 0.1) is 11.6 Å². The molecule has 0 unspecified atom stereocenters. The highest BCUT2D eigenvalue weighted by atomic mass is 19.4. The number of urea groups is 1. The quantitative estimate of drug-likeness (QED) is 0.321. The van der Waals surface area contributed by atoms with Crippen LogP contribution in [0, 0.1) is 5.82 Å². The smallest absolute Gasteiger partial charge is 0.416 e. The van der Waals surface area contributed by atoms with E-state index in [9.17, 15) is 27.2 Å². The molecule has 3 aromatic rings. The van der Waals surface area contributed by atoms with Crippen molar-refractivity contribution in [2.75, 3.05) is 5.32 Å². The third-order valence-electron chi connectivity index (χ3n) is 6.13. The van der Waals surface area contributed by atoms with Crippen molar-refractivity contribution < 1.29 is 36.6 Å². The fourth-order valence-corrected chi connectivity index (χ4v) is 3.90. The molecule has 2 atom stereocenters. The third-order valence-corrected chi connectivity index (χ3v) is 6.13. The number of alkyl halides is 3. The van der Waals surface area contributed by atoms with Gasteiger partial charge in [0.2, 0.25) is 5.91 Å². The monoisotopic (exact) mass is 546 g/mol. The number of hydrogen-bond donors (Lipinski definition) is 3. The van der Waals surface area contributed by atoms with E-state index in [1.807, 2.05) is 0 Å². The second-order valence-corrected chi connectivity index (χ2v) is 9.00. The summed E-state index contributed by atoms with van der Waals surface area (Å²) in [4.78, 5) is 28.0. The van der Waals surface area contributed by atoms with Crippen molar-refractivity contribution in [3.63, 3.8) is 0 Å². The molecule has 8 nitrogen and oxygen atoms in total. The Hall–Kier alpha value is -4.35. The Bertz CT molecular complexity index is 1350. The first-order valence-electron chi connectivity index (χ1n) is 12.1. The van der Waals surface area contributed by atoms with Gasteiger partial charge in [-0.1, -0.05) is 6.07 Å². The molecule has 39 heavy (non-hydrogen) atoms. The maximum absolute atomic E-state index is 13.3. The molecule has 0 fully saturated rings. The number of anilines is 1. The zero-order valence-corrected chi connectivity index (χ0v) is 21.1. The molecule has 1 aliphatic rings. The van der Waals surface area contributed by atoms with Crippen molar-refractivity contribution in [1.82, 2.24) is 15.6 Å². The number of pyridine rings is 1. The predicted molar refractivity (Wildman–Crippen MR) is 134 cm³/mol. The molecular formula is C27H26F4N4O4. The van der Waals surface area contributed by atoms with Crippen LogP contribution in [0.5, 0.6) is 17.2 Å². The first kappa shape index (κ1) is 27.7. The summed E-state index contributed by atoms with van der Waals surface area (Å²) in [6.45, 7) is 2.98. The van der Waals surface area contributed by atoms with E-state index in [4.69, 9.17) is 9.47 Å². The van der Waals surface area contributed by atoms with Crippen molar-refractivity contribution >= 4 is 17.8 Å². The Balaban J connectivity index is 1.29. The number of halogens is 4. The summed E-state index contributed by atoms with van der Waals surface area (Å²) in [6, 6.07) is 9.62. The van der Waals surface area contributed by atoms with Gasteiger partial charge < -0.3 is 25.4 Å². The summed E-state index contributed by atoms with van der Waals surface area (Å²) in [5.74, 6) is 1.03. The molecule has 206 valence electrons. The maximum atomic E-state index is 13.3. The van der Waals surface area contributed by atoms with E-state index in [0.29, 0.717) is 42.0 Å². The van der Waals surface area contributed by atoms with Crippen LogP contribution in [0.1, 0.15) is 37.0 Å². The minimum Gasteiger partial charge on any atom is -0.489 e. The highest BCUT2D eigenvalue weighted by molar-refractivity contribution is 5.93. The molecule has 0 aliphatic carbocycles. The summed E-state index contributed by atoms with van der Waals surface area (Å²) in [5.41, 5.74) is -0.579. The normalized spacial score (nSPS) is 14.5. The second kappa shape index (κ2) is 11.6. The topological polar surface area (TPSA) is 102 Å². The van der Waals surface area contributed by atoms with E-state index in [1.165, 1.54) is 0 Å². The third kappa shape index (κ3) is 7.15. The lowest BCUT2D eigenvalue weighted by atomic mass is 10.1. The number of carbonyl (C=O) groups excluding carboxylic acids is 2. The van der Waals surface area contributed by atoms with Crippen LogP contribution in [0.3, 0.4) is 0 Å². The second-order valence-electron chi connectivity index (χ2n) is 9.00. The standard InChI is InChI=1S/C27H26F4N4O4/c1-15(34-26(37)33-14-17-3-4-18(28)13-22(17)27(29,30)31)16(2)38-19-5-7-20(8-6-19)39-23-11-12-32-25-21(23)9-10-24(36)35-25/h3-8,11-13,15-16H,9-10,14H2,1-2H3,(H,32,35,36)(H2,33,34,37)/t15-,16-/m0/s1. The van der Waals surface area contributed by atoms with Crippen LogP contribution in [0.15, 0.2) is 54.7 Å². The van der Waals surface area contributed by atoms with Crippen LogP contribution in [0.4, 0.5) is 28.2 Å². The SMILES string of the molecule is C[C@H](NC(=O)NCc1ccc(F)cc1C(F)(F)F)[C@H](C)Oc1ccc(Oc2ccnc3c2CCC(=O)N3)cc1. The Morgan fingerprint density at radius 1 is 1.08 bits per heavy atom. The first-order valence-corrected chi connectivity index (χ1v) is 12.1. The first-order chi connectivity index (χ1) is 18.5. The Morgan fingerprint density at radius 2 is 1.79 bits per heavy atom. The molecule has 0 bridgehead atoms. The van der Waals surface area contributed by atoms with Gasteiger partial charge in [-0.15, -0.1) is 0 Å². The van der Waals surface area contributed by atoms with Gasteiger partial charge in [-0.25, -0.2) is 14.2 Å². The van der Waals surface area contributed by atoms with E-state index in [-0.39, 0.29) is 11.5 Å². The van der Waals surface area contributed by atoms with Crippen molar-refractivity contribution in [1.29, 1.82) is 0 Å². The lowest BCUT2D eigenvalue weighted by molar-refractivity contribution is -0.138. The number of ether oxygens (including phenoxy) is 2. The molecular weight excluding hydrogens is 520 g/mol. The summed E-state index contributed by atoms with van der Waals surface area (Å²) >= 11 is 0. The molecule has 3 amide bonds. The van der Waals surface area contributed by atoms with Crippen LogP contribution in [-0.4, -0.2) is 29.1 Å². The summed E-state index contributed by atoms with van der Waals surface area (Å²) in [7, 11) is 0. The molecule has 2 heterocycles. The average molecular weight is 547 g/mol. The fourth-order valence-electron chi connectivity index (χ4n) is 3.90. The Labute approximate surface area is 221 Å². The average Bonchev–Trinajstić information content (AvgIpc) is 2.88. The van der Waals surface area contributed by atoms with E-state index >= 15 is 0 Å². The number of nitrogens with one attached hydrogen (secondary N) is 3. The fraction of sp³-hybridized carbons (Fsp3) is 0.296. The molecule has 0 saturated carbocycles. The molecule has 1 aromatic heterocycles. The largest absolute Gasteiger partial charge is 0.489 e. The molecule has 3 N–H and O–H groups in total. The molecule has 12 heteroatoms. The van der Waals surface area contributed by atoms with E-state index in [1.54, 1.807) is 50.4 Å². The van der Waals surface area contributed by atoms with Crippen LogP contribution in [-0.2, 0) is 23.9 Å². The van der Waals surface area contributed by atoms with Gasteiger partial charge in [0, 0.05) is 24.7 Å². The number of fused-ring (bicyclic) bond motifs is 1. The molecule has 4 rings (SSSR count). The van der Waals surface area contributed by atoms with E-state index in [0.717, 1.165) is 17.7 Å². The number of rotatable bonds is 8. The highest BCUT2D eigenvalue weighted by Gasteiger charge is 2.33. The Morgan fingerprint density at radius 3 is 2.51 bits per heavy atom. The van der Waals surface area contributed by atoms with Crippen LogP contribution < -0.4 is 25.4 Å². The number of benzene rings is 2. The van der Waals surface area contributed by atoms with Crippen molar-refractivity contribution in [2.45, 2.75) is 51.6 Å². The van der Waals surface area contributed by atoms with Crippen molar-refractivity contribution in [3.8, 4) is 17.2 Å². The van der Waals surface area contributed by atoms with E-state index < -0.39 is 42.3 Å². The van der Waals surface area contributed by atoms with Gasteiger partial charge >= 0.3 is 12.2 Å². The lowest BCUT2D eigenvalue weighted by Crippen LogP contribution is -2.46. The molecule has 0 spiro atoms. The van der Waals surface area contributed by atoms with Gasteiger partial charge in [-0.3, -0.25) is 4.79 Å². The van der Waals surface area contributed by atoms with Crippen LogP contribution >= 0.6 is 0 Å². The minimum absolute atomic E-state index is 0.0903. The van der Waals surface area contributed by atoms with Crippen LogP contribution in [0.25, 0.3) is 0 Å². The van der Waals surface area contributed by atoms with Gasteiger partial charge in [0.1, 0.15) is 35.0 Å². The van der Waals surface area contributed by atoms with E-state index in [2.05, 4.69) is 20.9 Å². The zero-order valence-electron chi connectivity index (χ0n) is 21.1. The molecule has 1 aliphatic heterocycles. The number of aromatic nitrogens is 1. The lowest BCUT2D eigenvalue weighted by Gasteiger charge is -2.23. The number of amides is 3. The summed E-state index contributed by atoms with van der Waals surface area (Å²) < 4.78 is 64.6. The summed E-state index contributed by atoms with van der Waals surface area (Å²) in [6.07, 6.45) is -2.81. The van der Waals surface area contributed by atoms with Gasteiger partial charge in [0.15, 0.2) is 0 Å². The predicted octanol–water partition coefficient (Wildman–Crippen LogP) is 5.57. The highest BCUT2D eigenvalue weighted by Crippen LogP contribution is 2.34. The number of hydrogen-bond acceptors (Lipinski definition) is 5. The molecule has 0 radical (unpaired) electrons. The Kier molecular flexibility index (Phi) is 8.22. The van der Waals surface area contributed by atoms with Crippen molar-refractivity contribution in [2.24, 2.45) is 0 Å². The van der Waals surface area contributed by atoms with Crippen molar-refractivity contribution in [3.05, 3.63) is 77.2 Å². The van der Waals surface area contributed by atoms with Crippen LogP contribution in [0.2, 0.25) is 0 Å². The maximum Gasteiger partial charge on any atom is 0.416 e. The molecule has 2 aromatic carbocycles. The van der Waals surface area contributed by atoms with Gasteiger partial charge in [-0.2, -0.15) is 13.2 Å². The van der Waals surface area contributed by atoms with Gasteiger partial charge in [0.25, 0.3) is 0 Å². The number of nitrogens with zero attached hydrogens (tertiary/aromatic N) is 1. The molecule has 0 saturated heterocycles. The number of carbonyl (C=O) groups is 2. The van der Waals surface area contributed by atoms with Gasteiger partial charge in [-0.05, 0) is 68.3 Å². The minimum atomic E-state index is -4.75. The summed E-state index contributed by atoms with van der Waals surface area (Å²) in [5, 5.41) is 7.71.